The minimum Gasteiger partial charge on any atom is -0.335 e. The van der Waals surface area contributed by atoms with Gasteiger partial charge in [-0.15, -0.1) is 0 Å². The number of nitrogens with zero attached hydrogens (tertiary/aromatic N) is 2. The Balaban J connectivity index is 1.50. The summed E-state index contributed by atoms with van der Waals surface area (Å²) in [6.45, 7) is 0.661. The van der Waals surface area contributed by atoms with Crippen LogP contribution in [0.3, 0.4) is 0 Å². The molecule has 1 saturated carbocycles. The highest BCUT2D eigenvalue weighted by atomic mass is 19.1. The van der Waals surface area contributed by atoms with E-state index in [2.05, 4.69) is 0 Å². The first-order valence-corrected chi connectivity index (χ1v) is 9.03. The Kier molecular flexibility index (Phi) is 4.45. The molecule has 4 rings (SSSR count). The second-order valence-electron chi connectivity index (χ2n) is 7.03. The van der Waals surface area contributed by atoms with Crippen LogP contribution in [0.1, 0.15) is 24.8 Å². The summed E-state index contributed by atoms with van der Waals surface area (Å²) in [6.07, 6.45) is 2.11. The van der Waals surface area contributed by atoms with E-state index in [1.807, 2.05) is 30.3 Å². The SMILES string of the molecule is O=C1C[C@@H](C(=O)N(Cc2ccccc2F)C2CC2)CN1c1ccccc1. The second kappa shape index (κ2) is 6.90. The van der Waals surface area contributed by atoms with Crippen molar-refractivity contribution in [3.8, 4) is 0 Å². The molecule has 2 aromatic rings. The van der Waals surface area contributed by atoms with Gasteiger partial charge in [0.2, 0.25) is 11.8 Å². The first-order chi connectivity index (χ1) is 12.6. The van der Waals surface area contributed by atoms with Crippen LogP contribution in [0.4, 0.5) is 10.1 Å². The second-order valence-corrected chi connectivity index (χ2v) is 7.03. The van der Waals surface area contributed by atoms with Crippen molar-refractivity contribution >= 4 is 17.5 Å². The lowest BCUT2D eigenvalue weighted by molar-refractivity contribution is -0.137. The van der Waals surface area contributed by atoms with E-state index < -0.39 is 0 Å². The zero-order valence-corrected chi connectivity index (χ0v) is 14.5. The van der Waals surface area contributed by atoms with Crippen LogP contribution in [-0.4, -0.2) is 29.3 Å². The summed E-state index contributed by atoms with van der Waals surface area (Å²) >= 11 is 0. The van der Waals surface area contributed by atoms with Gasteiger partial charge in [-0.25, -0.2) is 4.39 Å². The average molecular weight is 352 g/mol. The van der Waals surface area contributed by atoms with Crippen LogP contribution in [0.5, 0.6) is 0 Å². The molecule has 2 fully saturated rings. The number of amides is 2. The molecular formula is C21H21FN2O2. The molecule has 26 heavy (non-hydrogen) atoms. The third-order valence-electron chi connectivity index (χ3n) is 5.11. The van der Waals surface area contributed by atoms with Crippen LogP contribution < -0.4 is 4.90 Å². The minimum atomic E-state index is -0.366. The largest absolute Gasteiger partial charge is 0.335 e. The molecule has 0 aromatic heterocycles. The lowest BCUT2D eigenvalue weighted by Crippen LogP contribution is -2.38. The smallest absolute Gasteiger partial charge is 0.228 e. The maximum absolute atomic E-state index is 14.0. The van der Waals surface area contributed by atoms with Gasteiger partial charge in [-0.05, 0) is 31.0 Å². The highest BCUT2D eigenvalue weighted by molar-refractivity contribution is 6.00. The molecule has 1 saturated heterocycles. The van der Waals surface area contributed by atoms with Gasteiger partial charge in [0.15, 0.2) is 0 Å². The molecule has 2 aromatic carbocycles. The van der Waals surface area contributed by atoms with E-state index in [9.17, 15) is 14.0 Å². The van der Waals surface area contributed by atoms with Crippen LogP contribution in [0.2, 0.25) is 0 Å². The normalized spacial score (nSPS) is 19.7. The first-order valence-electron chi connectivity index (χ1n) is 9.03. The highest BCUT2D eigenvalue weighted by Gasteiger charge is 2.41. The van der Waals surface area contributed by atoms with E-state index in [1.54, 1.807) is 28.0 Å². The third kappa shape index (κ3) is 3.34. The van der Waals surface area contributed by atoms with Gasteiger partial charge in [0.1, 0.15) is 5.82 Å². The summed E-state index contributed by atoms with van der Waals surface area (Å²) in [5.41, 5.74) is 1.34. The van der Waals surface area contributed by atoms with Gasteiger partial charge in [-0.1, -0.05) is 36.4 Å². The zero-order chi connectivity index (χ0) is 18.1. The Hall–Kier alpha value is -2.69. The van der Waals surface area contributed by atoms with Gasteiger partial charge in [0, 0.05) is 36.8 Å². The van der Waals surface area contributed by atoms with Gasteiger partial charge < -0.3 is 9.80 Å². The molecule has 134 valence electrons. The lowest BCUT2D eigenvalue weighted by atomic mass is 10.1. The predicted molar refractivity (Wildman–Crippen MR) is 96.9 cm³/mol. The number of benzene rings is 2. The first kappa shape index (κ1) is 16.8. The minimum absolute atomic E-state index is 0.0313. The molecule has 4 nitrogen and oxygen atoms in total. The van der Waals surface area contributed by atoms with Crippen molar-refractivity contribution < 1.29 is 14.0 Å². The zero-order valence-electron chi connectivity index (χ0n) is 14.5. The highest BCUT2D eigenvalue weighted by Crippen LogP contribution is 2.33. The Morgan fingerprint density at radius 1 is 1.08 bits per heavy atom. The number of carbonyl (C=O) groups is 2. The molecular weight excluding hydrogens is 331 g/mol. The molecule has 0 bridgehead atoms. The quantitative estimate of drug-likeness (QED) is 0.828. The fraction of sp³-hybridized carbons (Fsp3) is 0.333. The Morgan fingerprint density at radius 2 is 1.77 bits per heavy atom. The van der Waals surface area contributed by atoms with E-state index in [1.165, 1.54) is 6.07 Å². The molecule has 0 unspecified atom stereocenters. The van der Waals surface area contributed by atoms with Crippen molar-refractivity contribution in [1.82, 2.24) is 4.90 Å². The molecule has 1 heterocycles. The van der Waals surface area contributed by atoms with Crippen LogP contribution >= 0.6 is 0 Å². The molecule has 5 heteroatoms. The maximum atomic E-state index is 14.0. The summed E-state index contributed by atoms with van der Waals surface area (Å²) in [6, 6.07) is 16.2. The molecule has 1 aliphatic heterocycles. The Morgan fingerprint density at radius 3 is 2.46 bits per heavy atom. The fourth-order valence-electron chi connectivity index (χ4n) is 3.55. The molecule has 2 amide bonds. The van der Waals surface area contributed by atoms with E-state index in [-0.39, 0.29) is 42.6 Å². The molecule has 2 aliphatic rings. The fourth-order valence-corrected chi connectivity index (χ4v) is 3.55. The molecule has 1 atom stereocenters. The summed E-state index contributed by atoms with van der Waals surface area (Å²) < 4.78 is 14.0. The number of hydrogen-bond acceptors (Lipinski definition) is 2. The molecule has 0 spiro atoms. The van der Waals surface area contributed by atoms with Crippen molar-refractivity contribution in [2.45, 2.75) is 31.8 Å². The maximum Gasteiger partial charge on any atom is 0.228 e. The van der Waals surface area contributed by atoms with Crippen molar-refractivity contribution in [3.63, 3.8) is 0 Å². The van der Waals surface area contributed by atoms with Crippen molar-refractivity contribution in [2.24, 2.45) is 5.92 Å². The van der Waals surface area contributed by atoms with Crippen LogP contribution in [-0.2, 0) is 16.1 Å². The topological polar surface area (TPSA) is 40.6 Å². The summed E-state index contributed by atoms with van der Waals surface area (Å²) in [7, 11) is 0. The Labute approximate surface area is 152 Å². The van der Waals surface area contributed by atoms with Crippen LogP contribution in [0.15, 0.2) is 54.6 Å². The predicted octanol–water partition coefficient (Wildman–Crippen LogP) is 3.37. The Bertz CT molecular complexity index is 820. The summed E-state index contributed by atoms with van der Waals surface area (Å²) in [5, 5.41) is 0. The van der Waals surface area contributed by atoms with E-state index >= 15 is 0 Å². The van der Waals surface area contributed by atoms with Gasteiger partial charge in [-0.2, -0.15) is 0 Å². The van der Waals surface area contributed by atoms with Gasteiger partial charge in [-0.3, -0.25) is 9.59 Å². The lowest BCUT2D eigenvalue weighted by Gasteiger charge is -2.26. The molecule has 1 aliphatic carbocycles. The van der Waals surface area contributed by atoms with Gasteiger partial charge in [0.05, 0.1) is 5.92 Å². The number of hydrogen-bond donors (Lipinski definition) is 0. The number of carbonyl (C=O) groups excluding carboxylic acids is 2. The molecule has 0 radical (unpaired) electrons. The number of halogens is 1. The van der Waals surface area contributed by atoms with Crippen LogP contribution in [0, 0.1) is 11.7 Å². The monoisotopic (exact) mass is 352 g/mol. The summed E-state index contributed by atoms with van der Waals surface area (Å²) in [4.78, 5) is 28.9. The number of para-hydroxylation sites is 1. The van der Waals surface area contributed by atoms with Crippen molar-refractivity contribution in [1.29, 1.82) is 0 Å². The van der Waals surface area contributed by atoms with Crippen molar-refractivity contribution in [3.05, 3.63) is 66.0 Å². The van der Waals surface area contributed by atoms with Crippen molar-refractivity contribution in [2.75, 3.05) is 11.4 Å². The van der Waals surface area contributed by atoms with E-state index in [0.717, 1.165) is 18.5 Å². The number of anilines is 1. The van der Waals surface area contributed by atoms with Crippen LogP contribution in [0.25, 0.3) is 0 Å². The standard InChI is InChI=1S/C21H21FN2O2/c22-19-9-5-4-6-15(19)13-24(18-10-11-18)21(26)16-12-20(25)23(14-16)17-7-2-1-3-8-17/h1-9,16,18H,10-14H2/t16-/m1/s1. The third-order valence-corrected chi connectivity index (χ3v) is 5.11. The molecule has 0 N–H and O–H groups in total. The van der Waals surface area contributed by atoms with Gasteiger partial charge >= 0.3 is 0 Å². The van der Waals surface area contributed by atoms with Gasteiger partial charge in [0.25, 0.3) is 0 Å². The number of rotatable bonds is 5. The van der Waals surface area contributed by atoms with E-state index in [0.29, 0.717) is 12.1 Å². The van der Waals surface area contributed by atoms with E-state index in [4.69, 9.17) is 0 Å². The summed E-state index contributed by atoms with van der Waals surface area (Å²) in [5.74, 6) is -0.729. The average Bonchev–Trinajstić information content (AvgIpc) is 3.42.